The summed E-state index contributed by atoms with van der Waals surface area (Å²) in [5.41, 5.74) is 20.8. The fraction of sp³-hybridized carbons (Fsp3) is 0.532. The fourth-order valence-electron chi connectivity index (χ4n) is 12.4. The molecule has 0 aromatic heterocycles. The first-order chi connectivity index (χ1) is 54.2. The molecule has 0 spiro atoms. The lowest BCUT2D eigenvalue weighted by molar-refractivity contribution is -0.377. The third-order valence-electron chi connectivity index (χ3n) is 18.1. The molecule has 0 amide bonds. The summed E-state index contributed by atoms with van der Waals surface area (Å²) in [5, 5.41) is 40.0. The maximum atomic E-state index is 15.1. The van der Waals surface area contributed by atoms with Crippen molar-refractivity contribution in [3.05, 3.63) is 200 Å². The van der Waals surface area contributed by atoms with Crippen LogP contribution in [0.3, 0.4) is 0 Å². The van der Waals surface area contributed by atoms with Crippen molar-refractivity contribution in [1.82, 2.24) is 0 Å². The third kappa shape index (κ3) is 24.5. The first-order valence-corrected chi connectivity index (χ1v) is 36.7. The van der Waals surface area contributed by atoms with Crippen molar-refractivity contribution in [3.8, 4) is 0 Å². The van der Waals surface area contributed by atoms with Gasteiger partial charge in [-0.05, 0) is 101 Å². The molecule has 0 radical (unpaired) electrons. The van der Waals surface area contributed by atoms with Crippen molar-refractivity contribution in [2.24, 2.45) is 21.1 Å². The fourth-order valence-corrected chi connectivity index (χ4v) is 12.4. The highest BCUT2D eigenvalue weighted by molar-refractivity contribution is 5.89. The van der Waals surface area contributed by atoms with Gasteiger partial charge in [0.25, 0.3) is 0 Å². The normalized spacial score (nSPS) is 27.8. The molecule has 0 aliphatic carbocycles. The number of carbonyl (C=O) groups excluding carboxylic acids is 6. The summed E-state index contributed by atoms with van der Waals surface area (Å²) in [6, 6.07) is 38.8. The monoisotopic (exact) mass is 1580 g/mol. The lowest BCUT2D eigenvalue weighted by atomic mass is 9.93. The van der Waals surface area contributed by atoms with Gasteiger partial charge < -0.3 is 101 Å². The number of carboxylic acid groups (broad SMARTS) is 1. The second-order valence-corrected chi connectivity index (χ2v) is 29.0. The molecule has 610 valence electrons. The first kappa shape index (κ1) is 87.4. The average Bonchev–Trinajstić information content (AvgIpc) is 0.755. The molecule has 0 unspecified atom stereocenters. The molecule has 4 heterocycles. The molecule has 34 heteroatoms. The molecule has 5 aromatic rings. The summed E-state index contributed by atoms with van der Waals surface area (Å²) in [6.45, 7) is 8.59. The number of rotatable bonds is 36. The minimum Gasteiger partial charge on any atom is -0.481 e. The van der Waals surface area contributed by atoms with Crippen molar-refractivity contribution in [1.29, 1.82) is 0 Å². The minimum absolute atomic E-state index is 0.0502. The number of hydrogen-bond donors (Lipinski definition) is 3. The molecule has 5 aromatic carbocycles. The Kier molecular flexibility index (Phi) is 32.5. The smallest absolute Gasteiger partial charge is 0.338 e. The number of hydrogen-bond acceptors (Lipinski definition) is 29. The van der Waals surface area contributed by atoms with Crippen LogP contribution in [-0.2, 0) is 140 Å². The Labute approximate surface area is 651 Å². The van der Waals surface area contributed by atoms with Gasteiger partial charge in [0.05, 0.1) is 81.6 Å². The Morgan fingerprint density at radius 3 is 1.33 bits per heavy atom. The molecule has 0 saturated carbocycles. The maximum Gasteiger partial charge on any atom is 0.338 e. The van der Waals surface area contributed by atoms with Crippen LogP contribution < -0.4 is 0 Å². The van der Waals surface area contributed by atoms with Crippen molar-refractivity contribution in [3.63, 3.8) is 0 Å². The minimum atomic E-state index is -2.14. The van der Waals surface area contributed by atoms with E-state index in [1.165, 1.54) is 32.9 Å². The van der Waals surface area contributed by atoms with Crippen LogP contribution in [0.1, 0.15) is 101 Å². The highest BCUT2D eigenvalue weighted by Crippen LogP contribution is 2.42. The van der Waals surface area contributed by atoms with Crippen LogP contribution in [-0.4, -0.2) is 219 Å². The zero-order valence-electron chi connectivity index (χ0n) is 63.9. The zero-order valence-corrected chi connectivity index (χ0v) is 63.9. The van der Waals surface area contributed by atoms with Gasteiger partial charge in [0.15, 0.2) is 49.6 Å². The first-order valence-electron chi connectivity index (χ1n) is 36.7. The molecular formula is C79H96N6O28. The Bertz CT molecular complexity index is 3980. The van der Waals surface area contributed by atoms with E-state index in [1.54, 1.807) is 174 Å². The number of azide groups is 2. The predicted molar refractivity (Wildman–Crippen MR) is 391 cm³/mol. The largest absolute Gasteiger partial charge is 0.481 e. The van der Waals surface area contributed by atoms with Crippen LogP contribution >= 0.6 is 0 Å². The summed E-state index contributed by atoms with van der Waals surface area (Å²) < 4.78 is 116. The molecule has 4 saturated heterocycles. The molecule has 4 fully saturated rings. The number of benzene rings is 5. The van der Waals surface area contributed by atoms with Crippen LogP contribution in [0.4, 0.5) is 0 Å². The number of ether oxygens (including phenoxy) is 18. The predicted octanol–water partition coefficient (Wildman–Crippen LogP) is 8.42. The van der Waals surface area contributed by atoms with E-state index < -0.39 is 221 Å². The zero-order chi connectivity index (χ0) is 81.4. The van der Waals surface area contributed by atoms with Crippen molar-refractivity contribution in [2.45, 2.75) is 223 Å². The number of carboxylic acids is 1. The number of carbonyl (C=O) groups is 7. The Balaban J connectivity index is 1.21. The average molecular weight is 1580 g/mol. The van der Waals surface area contributed by atoms with Gasteiger partial charge in [-0.3, -0.25) is 19.2 Å². The highest BCUT2D eigenvalue weighted by atomic mass is 16.8. The van der Waals surface area contributed by atoms with Gasteiger partial charge in [-0.2, -0.15) is 0 Å². The second kappa shape index (κ2) is 42.0. The standard InChI is InChI=1S/C79H96N6O28/c1-45(2)104-74-67(112-76(94)78(3,4)5)62(102-43-49-31-21-13-22-32-49)64(66(111-74)71(93)98-38-37-97-54(89)36-35-53(87)88)109-73-56(83-85-81)60(100-41-47-27-17-11-18-28-47)58(52(106-73)44-103-69(91)50-33-23-14-24-34-50)107-75-68(113-77(95)79(6,7)8)61(101-42-48-29-19-12-20-30-48)63(65(110-75)70(92)96-9)108-72-55(82-84-80)59(57(90)51(39-86)105-72)99-40-46-25-15-10-16-26-46/h10-34,45,51-52,55-68,72-75,86,90H,35-44H2,1-9H3,(H,87,88)/t51-,52-,55-,56-,57-,58-,59-,60-,61+,62+,63+,64+,65-,66-,67-,68-,72-,73-,74-,75-/m1/s1. The van der Waals surface area contributed by atoms with Gasteiger partial charge in [-0.1, -0.05) is 150 Å². The molecule has 9 rings (SSSR count). The van der Waals surface area contributed by atoms with Crippen LogP contribution in [0.15, 0.2) is 162 Å². The topological polar surface area (TPSA) is 444 Å². The van der Waals surface area contributed by atoms with Gasteiger partial charge >= 0.3 is 41.8 Å². The van der Waals surface area contributed by atoms with Gasteiger partial charge in [-0.15, -0.1) is 0 Å². The second-order valence-electron chi connectivity index (χ2n) is 29.0. The molecule has 3 N–H and O–H groups in total. The molecule has 4 aliphatic heterocycles. The highest BCUT2D eigenvalue weighted by Gasteiger charge is 2.61. The lowest BCUT2D eigenvalue weighted by Crippen LogP contribution is -2.69. The lowest BCUT2D eigenvalue weighted by Gasteiger charge is -2.51. The molecule has 4 aliphatic rings. The third-order valence-corrected chi connectivity index (χ3v) is 18.1. The Hall–Kier alpha value is -9.55. The van der Waals surface area contributed by atoms with E-state index in [-0.39, 0.29) is 32.0 Å². The molecule has 0 bridgehead atoms. The molecule has 34 nitrogen and oxygen atoms in total. The summed E-state index contributed by atoms with van der Waals surface area (Å²) in [6.07, 6.45) is -34.7. The summed E-state index contributed by atoms with van der Waals surface area (Å²) >= 11 is 0. The van der Waals surface area contributed by atoms with Crippen molar-refractivity contribution >= 4 is 41.8 Å². The maximum absolute atomic E-state index is 15.1. The Morgan fingerprint density at radius 2 is 0.885 bits per heavy atom. The van der Waals surface area contributed by atoms with Crippen LogP contribution in [0.5, 0.6) is 0 Å². The van der Waals surface area contributed by atoms with Gasteiger partial charge in [0.2, 0.25) is 0 Å². The number of aliphatic hydroxyl groups is 2. The van der Waals surface area contributed by atoms with Crippen molar-refractivity contribution in [2.75, 3.05) is 33.5 Å². The number of esters is 6. The quantitative estimate of drug-likeness (QED) is 0.00845. The van der Waals surface area contributed by atoms with Crippen LogP contribution in [0.2, 0.25) is 0 Å². The van der Waals surface area contributed by atoms with Gasteiger partial charge in [-0.25, -0.2) is 14.4 Å². The number of methoxy groups -OCH3 is 1. The summed E-state index contributed by atoms with van der Waals surface area (Å²) in [5.74, 6) is -7.26. The van der Waals surface area contributed by atoms with E-state index in [0.717, 1.165) is 7.11 Å². The van der Waals surface area contributed by atoms with Gasteiger partial charge in [0.1, 0.15) is 86.8 Å². The summed E-state index contributed by atoms with van der Waals surface area (Å²) in [4.78, 5) is 104. The molecule has 20 atom stereocenters. The number of aliphatic carboxylic acids is 1. The SMILES string of the molecule is COC(=O)[C@@H]1O[C@@H](O[C@H]2[C@H](OCc3ccccc3)[C@@H](N=[N+]=[N-])[C@@H](O[C@H]3[C@H](OCc4ccccc4)[C@@H](OC(=O)C(C)(C)C)[C@H](OC(C)C)O[C@H]3C(=O)OCCOC(=O)CCC(=O)O)O[C@@H]2COC(=O)c2ccccc2)[C@H](OC(=O)C(C)(C)C)[C@@H](OCc2ccccc2)[C@@H]1O[C@H]1O[C@H](CO)[C@@H](O)[C@H](OCc2ccccc2)[C@H]1N=[N+]=[N-]. The van der Waals surface area contributed by atoms with E-state index in [9.17, 15) is 55.1 Å². The van der Waals surface area contributed by atoms with E-state index in [2.05, 4.69) is 20.1 Å². The van der Waals surface area contributed by atoms with Gasteiger partial charge in [0, 0.05) is 9.82 Å². The van der Waals surface area contributed by atoms with Crippen molar-refractivity contribution < 1.29 is 134 Å². The molecule has 113 heavy (non-hydrogen) atoms. The van der Waals surface area contributed by atoms with Crippen LogP contribution in [0, 0.1) is 10.8 Å². The molecular weight excluding hydrogens is 1480 g/mol. The van der Waals surface area contributed by atoms with E-state index in [4.69, 9.17) is 85.3 Å². The Morgan fingerprint density at radius 1 is 0.478 bits per heavy atom. The number of aliphatic hydroxyl groups excluding tert-OH is 2. The van der Waals surface area contributed by atoms with E-state index in [0.29, 0.717) is 22.3 Å². The van der Waals surface area contributed by atoms with E-state index >= 15 is 4.79 Å². The van der Waals surface area contributed by atoms with Crippen LogP contribution in [0.25, 0.3) is 20.9 Å². The van der Waals surface area contributed by atoms with E-state index in [1.807, 2.05) is 0 Å². The number of nitrogens with zero attached hydrogens (tertiary/aromatic N) is 6. The summed E-state index contributed by atoms with van der Waals surface area (Å²) in [7, 11) is 1.02.